The number of nitrogens with zero attached hydrogens (tertiary/aromatic N) is 2. The molecule has 4 rings (SSSR count). The smallest absolute Gasteiger partial charge is 0.306 e. The number of benzene rings is 1. The zero-order valence-corrected chi connectivity index (χ0v) is 19.8. The van der Waals surface area contributed by atoms with Crippen molar-refractivity contribution in [3.05, 3.63) is 58.6 Å². The molecule has 0 radical (unpaired) electrons. The molecule has 6 heteroatoms. The summed E-state index contributed by atoms with van der Waals surface area (Å²) in [6.07, 6.45) is 8.73. The molecule has 2 aromatic rings. The Hall–Kier alpha value is -2.40. The summed E-state index contributed by atoms with van der Waals surface area (Å²) in [4.78, 5) is 21.2. The van der Waals surface area contributed by atoms with Crippen LogP contribution in [0.4, 0.5) is 0 Å². The van der Waals surface area contributed by atoms with E-state index in [1.165, 1.54) is 0 Å². The first-order valence-corrected chi connectivity index (χ1v) is 11.9. The van der Waals surface area contributed by atoms with Crippen LogP contribution in [0.15, 0.2) is 36.5 Å². The van der Waals surface area contributed by atoms with E-state index in [4.69, 9.17) is 26.1 Å². The SMILES string of the molecule is CCOC(=O)CC(c1cccc(OCc2cnc(Cl)c(C3=CCCC3(C)C)n2)c1)C1CC1. The molecule has 0 N–H and O–H groups in total. The van der Waals surface area contributed by atoms with E-state index < -0.39 is 0 Å². The summed E-state index contributed by atoms with van der Waals surface area (Å²) in [5, 5.41) is 0.434. The van der Waals surface area contributed by atoms with Gasteiger partial charge in [0.15, 0.2) is 5.15 Å². The molecule has 0 spiro atoms. The van der Waals surface area contributed by atoms with Crippen LogP contribution >= 0.6 is 11.6 Å². The Morgan fingerprint density at radius 2 is 2.12 bits per heavy atom. The molecular formula is C26H31ClN2O3. The minimum Gasteiger partial charge on any atom is -0.487 e. The Kier molecular flexibility index (Phi) is 6.85. The second kappa shape index (κ2) is 9.62. The van der Waals surface area contributed by atoms with Gasteiger partial charge in [-0.15, -0.1) is 0 Å². The van der Waals surface area contributed by atoms with Crippen LogP contribution in [0.2, 0.25) is 5.15 Å². The highest BCUT2D eigenvalue weighted by molar-refractivity contribution is 6.31. The average Bonchev–Trinajstić information content (AvgIpc) is 3.54. The van der Waals surface area contributed by atoms with Crippen molar-refractivity contribution in [1.82, 2.24) is 9.97 Å². The first kappa shape index (κ1) is 22.8. The molecule has 5 nitrogen and oxygen atoms in total. The fourth-order valence-corrected chi connectivity index (χ4v) is 4.70. The van der Waals surface area contributed by atoms with Gasteiger partial charge in [-0.05, 0) is 73.1 Å². The van der Waals surface area contributed by atoms with Gasteiger partial charge in [-0.25, -0.2) is 9.97 Å². The lowest BCUT2D eigenvalue weighted by Crippen LogP contribution is -2.13. The zero-order chi connectivity index (χ0) is 22.7. The van der Waals surface area contributed by atoms with Crippen LogP contribution in [-0.4, -0.2) is 22.5 Å². The van der Waals surface area contributed by atoms with Crippen LogP contribution in [0.5, 0.6) is 5.75 Å². The number of rotatable bonds is 9. The van der Waals surface area contributed by atoms with Crippen LogP contribution in [0.25, 0.3) is 5.57 Å². The molecule has 1 aromatic heterocycles. The predicted octanol–water partition coefficient (Wildman–Crippen LogP) is 6.36. The summed E-state index contributed by atoms with van der Waals surface area (Å²) in [6.45, 7) is 6.99. The molecule has 32 heavy (non-hydrogen) atoms. The Balaban J connectivity index is 1.47. The summed E-state index contributed by atoms with van der Waals surface area (Å²) in [6, 6.07) is 8.03. The lowest BCUT2D eigenvalue weighted by molar-refractivity contribution is -0.143. The first-order chi connectivity index (χ1) is 15.4. The molecule has 1 heterocycles. The number of hydrogen-bond donors (Lipinski definition) is 0. The fourth-order valence-electron chi connectivity index (χ4n) is 4.50. The largest absolute Gasteiger partial charge is 0.487 e. The maximum atomic E-state index is 12.1. The third-order valence-corrected chi connectivity index (χ3v) is 6.71. The minimum atomic E-state index is -0.135. The Morgan fingerprint density at radius 1 is 1.31 bits per heavy atom. The van der Waals surface area contributed by atoms with Crippen molar-refractivity contribution in [2.24, 2.45) is 11.3 Å². The number of halogens is 1. The van der Waals surface area contributed by atoms with Gasteiger partial charge in [0.25, 0.3) is 0 Å². The van der Waals surface area contributed by atoms with Crippen molar-refractivity contribution in [3.63, 3.8) is 0 Å². The minimum absolute atomic E-state index is 0.0445. The molecule has 0 bridgehead atoms. The lowest BCUT2D eigenvalue weighted by atomic mass is 9.84. The van der Waals surface area contributed by atoms with Crippen LogP contribution in [0.3, 0.4) is 0 Å². The van der Waals surface area contributed by atoms with Crippen molar-refractivity contribution in [2.75, 3.05) is 6.61 Å². The van der Waals surface area contributed by atoms with E-state index in [2.05, 4.69) is 31.0 Å². The number of aromatic nitrogens is 2. The van der Waals surface area contributed by atoms with Crippen molar-refractivity contribution in [3.8, 4) is 5.75 Å². The maximum absolute atomic E-state index is 12.1. The number of carbonyl (C=O) groups excluding carboxylic acids is 1. The standard InChI is InChI=1S/C26H31ClN2O3/c1-4-31-23(30)14-21(17-10-11-17)18-7-5-8-20(13-18)32-16-19-15-28-25(27)24(29-19)22-9-6-12-26(22,2)3/h5,7-9,13,15,17,21H,4,6,10-12,14,16H2,1-3H3. The van der Waals surface area contributed by atoms with E-state index in [1.54, 1.807) is 6.20 Å². The van der Waals surface area contributed by atoms with Gasteiger partial charge < -0.3 is 9.47 Å². The van der Waals surface area contributed by atoms with Gasteiger partial charge in [0.1, 0.15) is 18.1 Å². The molecule has 1 fully saturated rings. The van der Waals surface area contributed by atoms with Crippen molar-refractivity contribution in [2.45, 2.75) is 65.4 Å². The number of allylic oxidation sites excluding steroid dienone is 2. The van der Waals surface area contributed by atoms with Gasteiger partial charge >= 0.3 is 5.97 Å². The predicted molar refractivity (Wildman–Crippen MR) is 126 cm³/mol. The molecular weight excluding hydrogens is 424 g/mol. The molecule has 0 saturated heterocycles. The summed E-state index contributed by atoms with van der Waals surface area (Å²) < 4.78 is 11.2. The summed E-state index contributed by atoms with van der Waals surface area (Å²) in [5.41, 5.74) is 3.82. The molecule has 1 aromatic carbocycles. The number of esters is 1. The van der Waals surface area contributed by atoms with Gasteiger partial charge in [-0.1, -0.05) is 43.7 Å². The van der Waals surface area contributed by atoms with Crippen LogP contribution in [0, 0.1) is 11.3 Å². The third kappa shape index (κ3) is 5.32. The van der Waals surface area contributed by atoms with Gasteiger partial charge in [0.05, 0.1) is 24.9 Å². The van der Waals surface area contributed by atoms with Crippen LogP contribution in [0.1, 0.15) is 75.7 Å². The van der Waals surface area contributed by atoms with Crippen LogP contribution < -0.4 is 4.74 Å². The third-order valence-electron chi connectivity index (χ3n) is 6.44. The number of ether oxygens (including phenoxy) is 2. The molecule has 0 aliphatic heterocycles. The van der Waals surface area contributed by atoms with E-state index in [1.807, 2.05) is 25.1 Å². The van der Waals surface area contributed by atoms with Gasteiger partial charge in [0, 0.05) is 0 Å². The van der Waals surface area contributed by atoms with Gasteiger partial charge in [-0.3, -0.25) is 4.79 Å². The molecule has 170 valence electrons. The van der Waals surface area contributed by atoms with E-state index in [9.17, 15) is 4.79 Å². The average molecular weight is 455 g/mol. The second-order valence-electron chi connectivity index (χ2n) is 9.36. The van der Waals surface area contributed by atoms with E-state index in [0.29, 0.717) is 30.7 Å². The summed E-state index contributed by atoms with van der Waals surface area (Å²) in [5.74, 6) is 1.35. The van der Waals surface area contributed by atoms with Crippen molar-refractivity contribution < 1.29 is 14.3 Å². The Morgan fingerprint density at radius 3 is 2.81 bits per heavy atom. The normalized spacial score (nSPS) is 18.2. The fraction of sp³-hybridized carbons (Fsp3) is 0.500. The van der Waals surface area contributed by atoms with Crippen molar-refractivity contribution in [1.29, 1.82) is 0 Å². The molecule has 2 aliphatic carbocycles. The van der Waals surface area contributed by atoms with Gasteiger partial charge in [-0.2, -0.15) is 0 Å². The first-order valence-electron chi connectivity index (χ1n) is 11.5. The van der Waals surface area contributed by atoms with E-state index >= 15 is 0 Å². The molecule has 2 aliphatic rings. The highest BCUT2D eigenvalue weighted by atomic mass is 35.5. The molecule has 1 unspecified atom stereocenters. The quantitative estimate of drug-likeness (QED) is 0.412. The molecule has 1 atom stereocenters. The Bertz CT molecular complexity index is 1010. The van der Waals surface area contributed by atoms with Crippen LogP contribution in [-0.2, 0) is 16.1 Å². The topological polar surface area (TPSA) is 61.3 Å². The summed E-state index contributed by atoms with van der Waals surface area (Å²) >= 11 is 6.38. The number of hydrogen-bond acceptors (Lipinski definition) is 5. The summed E-state index contributed by atoms with van der Waals surface area (Å²) in [7, 11) is 0. The highest BCUT2D eigenvalue weighted by Gasteiger charge is 2.34. The monoisotopic (exact) mass is 454 g/mol. The Labute approximate surface area is 195 Å². The molecule has 0 amide bonds. The maximum Gasteiger partial charge on any atom is 0.306 e. The zero-order valence-electron chi connectivity index (χ0n) is 19.1. The van der Waals surface area contributed by atoms with Gasteiger partial charge in [0.2, 0.25) is 0 Å². The number of carbonyl (C=O) groups is 1. The molecule has 1 saturated carbocycles. The highest BCUT2D eigenvalue weighted by Crippen LogP contribution is 2.46. The second-order valence-corrected chi connectivity index (χ2v) is 9.71. The lowest BCUT2D eigenvalue weighted by Gasteiger charge is -2.22. The van der Waals surface area contributed by atoms with E-state index in [-0.39, 0.29) is 17.3 Å². The van der Waals surface area contributed by atoms with E-state index in [0.717, 1.165) is 54.0 Å². The van der Waals surface area contributed by atoms with Crippen molar-refractivity contribution >= 4 is 23.1 Å².